The zero-order chi connectivity index (χ0) is 17.1. The molecule has 0 aromatic heterocycles. The topological polar surface area (TPSA) is 82.6 Å². The molecule has 128 valence electrons. The van der Waals surface area contributed by atoms with Crippen molar-refractivity contribution in [2.24, 2.45) is 5.92 Å². The average Bonchev–Trinajstić information content (AvgIpc) is 2.51. The second-order valence-corrected chi connectivity index (χ2v) is 6.03. The van der Waals surface area contributed by atoms with E-state index in [1.54, 1.807) is 0 Å². The smallest absolute Gasteiger partial charge is 0.238 e. The second kappa shape index (κ2) is 10.9. The van der Waals surface area contributed by atoms with E-state index in [4.69, 9.17) is 17.0 Å². The van der Waals surface area contributed by atoms with Crippen LogP contribution in [0.1, 0.15) is 26.7 Å². The molecular weight excluding hydrogens is 314 g/mol. The van der Waals surface area contributed by atoms with Crippen molar-refractivity contribution >= 4 is 28.9 Å². The lowest BCUT2D eigenvalue weighted by atomic mass is 10.2. The lowest BCUT2D eigenvalue weighted by Gasteiger charge is -2.14. The molecule has 0 saturated heterocycles. The summed E-state index contributed by atoms with van der Waals surface area (Å²) in [6.45, 7) is 4.92. The number of hydrogen-bond donors (Lipinski definition) is 4. The summed E-state index contributed by atoms with van der Waals surface area (Å²) in [6, 6.07) is 9.39. The van der Waals surface area contributed by atoms with Gasteiger partial charge in [-0.05, 0) is 36.7 Å². The van der Waals surface area contributed by atoms with Crippen LogP contribution in [-0.2, 0) is 9.53 Å². The SMILES string of the molecule is CC(C)COC[C@@H](O)CCC(=O)NNC(=S)Nc1ccccc1. The molecule has 0 aliphatic rings. The number of aliphatic hydroxyl groups excluding tert-OH is 1. The minimum atomic E-state index is -0.645. The van der Waals surface area contributed by atoms with Gasteiger partial charge in [-0.3, -0.25) is 15.6 Å². The molecule has 1 rings (SSSR count). The maximum atomic E-state index is 11.7. The summed E-state index contributed by atoms with van der Waals surface area (Å²) in [5.41, 5.74) is 5.94. The Hall–Kier alpha value is -1.70. The highest BCUT2D eigenvalue weighted by molar-refractivity contribution is 7.80. The zero-order valence-corrected chi connectivity index (χ0v) is 14.4. The van der Waals surface area contributed by atoms with Crippen molar-refractivity contribution in [3.8, 4) is 0 Å². The molecule has 1 aromatic rings. The van der Waals surface area contributed by atoms with Crippen LogP contribution in [0.3, 0.4) is 0 Å². The maximum absolute atomic E-state index is 11.7. The van der Waals surface area contributed by atoms with Crippen molar-refractivity contribution in [3.63, 3.8) is 0 Å². The van der Waals surface area contributed by atoms with Crippen LogP contribution in [0.2, 0.25) is 0 Å². The number of carbonyl (C=O) groups is 1. The summed E-state index contributed by atoms with van der Waals surface area (Å²) in [5.74, 6) is 0.179. The van der Waals surface area contributed by atoms with E-state index in [0.717, 1.165) is 5.69 Å². The van der Waals surface area contributed by atoms with Gasteiger partial charge in [0.15, 0.2) is 5.11 Å². The largest absolute Gasteiger partial charge is 0.391 e. The molecule has 1 aromatic carbocycles. The maximum Gasteiger partial charge on any atom is 0.238 e. The number of benzene rings is 1. The molecule has 4 N–H and O–H groups in total. The summed E-state index contributed by atoms with van der Waals surface area (Å²) < 4.78 is 5.33. The highest BCUT2D eigenvalue weighted by Gasteiger charge is 2.09. The predicted molar refractivity (Wildman–Crippen MR) is 94.8 cm³/mol. The van der Waals surface area contributed by atoms with E-state index in [9.17, 15) is 9.90 Å². The van der Waals surface area contributed by atoms with Crippen LogP contribution in [0.15, 0.2) is 30.3 Å². The predicted octanol–water partition coefficient (Wildman–Crippen LogP) is 1.82. The molecule has 0 saturated carbocycles. The van der Waals surface area contributed by atoms with Gasteiger partial charge in [-0.1, -0.05) is 32.0 Å². The molecule has 0 radical (unpaired) electrons. The molecule has 23 heavy (non-hydrogen) atoms. The van der Waals surface area contributed by atoms with E-state index in [1.807, 2.05) is 44.2 Å². The standard InChI is InChI=1S/C16H25N3O3S/c1-12(2)10-22-11-14(20)8-9-15(21)18-19-16(23)17-13-6-4-3-5-7-13/h3-7,12,14,20H,8-11H2,1-2H3,(H,18,21)(H2,17,19,23)/t14-/m0/s1. The number of anilines is 1. The van der Waals surface area contributed by atoms with Gasteiger partial charge in [0.05, 0.1) is 12.7 Å². The highest BCUT2D eigenvalue weighted by Crippen LogP contribution is 2.04. The highest BCUT2D eigenvalue weighted by atomic mass is 32.1. The monoisotopic (exact) mass is 339 g/mol. The first kappa shape index (κ1) is 19.3. The minimum Gasteiger partial charge on any atom is -0.391 e. The summed E-state index contributed by atoms with van der Waals surface area (Å²) in [5, 5.41) is 13.0. The Morgan fingerprint density at radius 2 is 1.91 bits per heavy atom. The fourth-order valence-electron chi connectivity index (χ4n) is 1.69. The van der Waals surface area contributed by atoms with Gasteiger partial charge >= 0.3 is 0 Å². The Labute approximate surface area is 142 Å². The fraction of sp³-hybridized carbons (Fsp3) is 0.500. The third-order valence-electron chi connectivity index (χ3n) is 2.81. The molecule has 0 spiro atoms. The van der Waals surface area contributed by atoms with Crippen LogP contribution in [0.25, 0.3) is 0 Å². The normalized spacial score (nSPS) is 11.8. The number of nitrogens with one attached hydrogen (secondary N) is 3. The third-order valence-corrected chi connectivity index (χ3v) is 3.02. The average molecular weight is 339 g/mol. The second-order valence-electron chi connectivity index (χ2n) is 5.62. The molecule has 0 bridgehead atoms. The van der Waals surface area contributed by atoms with Crippen LogP contribution in [0.4, 0.5) is 5.69 Å². The van der Waals surface area contributed by atoms with Gasteiger partial charge in [-0.25, -0.2) is 0 Å². The molecule has 0 fully saturated rings. The third kappa shape index (κ3) is 9.83. The fourth-order valence-corrected chi connectivity index (χ4v) is 1.86. The first-order chi connectivity index (χ1) is 11.0. The molecule has 1 atom stereocenters. The van der Waals surface area contributed by atoms with Gasteiger partial charge in [-0.15, -0.1) is 0 Å². The van der Waals surface area contributed by atoms with Crippen molar-refractivity contribution < 1.29 is 14.6 Å². The molecule has 1 amide bonds. The van der Waals surface area contributed by atoms with Crippen LogP contribution >= 0.6 is 12.2 Å². The Balaban J connectivity index is 2.13. The Morgan fingerprint density at radius 3 is 2.57 bits per heavy atom. The Morgan fingerprint density at radius 1 is 1.22 bits per heavy atom. The van der Waals surface area contributed by atoms with E-state index in [0.29, 0.717) is 24.1 Å². The number of aliphatic hydroxyl groups is 1. The van der Waals surface area contributed by atoms with Crippen molar-refractivity contribution in [1.29, 1.82) is 0 Å². The van der Waals surface area contributed by atoms with Crippen LogP contribution < -0.4 is 16.2 Å². The van der Waals surface area contributed by atoms with E-state index in [-0.39, 0.29) is 18.9 Å². The number of para-hydroxylation sites is 1. The van der Waals surface area contributed by atoms with E-state index < -0.39 is 6.10 Å². The van der Waals surface area contributed by atoms with Gasteiger partial charge in [0, 0.05) is 18.7 Å². The number of hydrazine groups is 1. The number of carbonyl (C=O) groups excluding carboxylic acids is 1. The van der Waals surface area contributed by atoms with E-state index in [2.05, 4.69) is 16.2 Å². The van der Waals surface area contributed by atoms with Crippen LogP contribution in [0.5, 0.6) is 0 Å². The molecule has 0 aliphatic carbocycles. The van der Waals surface area contributed by atoms with Gasteiger partial charge in [0.2, 0.25) is 5.91 Å². The Bertz CT molecular complexity index is 483. The van der Waals surface area contributed by atoms with Crippen molar-refractivity contribution in [2.75, 3.05) is 18.5 Å². The minimum absolute atomic E-state index is 0.188. The van der Waals surface area contributed by atoms with Crippen molar-refractivity contribution in [3.05, 3.63) is 30.3 Å². The van der Waals surface area contributed by atoms with Gasteiger partial charge in [0.25, 0.3) is 0 Å². The van der Waals surface area contributed by atoms with Crippen LogP contribution in [0, 0.1) is 5.92 Å². The number of ether oxygens (including phenoxy) is 1. The van der Waals surface area contributed by atoms with Gasteiger partial charge in [0.1, 0.15) is 0 Å². The summed E-state index contributed by atoms with van der Waals surface area (Å²) in [4.78, 5) is 11.7. The molecule has 0 heterocycles. The van der Waals surface area contributed by atoms with Crippen molar-refractivity contribution in [1.82, 2.24) is 10.9 Å². The van der Waals surface area contributed by atoms with Crippen molar-refractivity contribution in [2.45, 2.75) is 32.8 Å². The zero-order valence-electron chi connectivity index (χ0n) is 13.5. The Kier molecular flexibility index (Phi) is 9.20. The lowest BCUT2D eigenvalue weighted by molar-refractivity contribution is -0.122. The van der Waals surface area contributed by atoms with Crippen LogP contribution in [-0.4, -0.2) is 35.4 Å². The summed E-state index contributed by atoms with van der Waals surface area (Å²) >= 11 is 5.07. The van der Waals surface area contributed by atoms with Gasteiger partial charge in [-0.2, -0.15) is 0 Å². The molecule has 6 nitrogen and oxygen atoms in total. The number of hydrogen-bond acceptors (Lipinski definition) is 4. The first-order valence-electron chi connectivity index (χ1n) is 7.64. The summed E-state index contributed by atoms with van der Waals surface area (Å²) in [6.07, 6.45) is -0.119. The molecule has 0 unspecified atom stereocenters. The lowest BCUT2D eigenvalue weighted by Crippen LogP contribution is -2.43. The quantitative estimate of drug-likeness (QED) is 0.427. The molecular formula is C16H25N3O3S. The number of rotatable bonds is 8. The molecule has 0 aliphatic heterocycles. The number of amides is 1. The molecule has 7 heteroatoms. The number of thiocarbonyl (C=S) groups is 1. The first-order valence-corrected chi connectivity index (χ1v) is 8.05. The van der Waals surface area contributed by atoms with E-state index in [1.165, 1.54) is 0 Å². The van der Waals surface area contributed by atoms with E-state index >= 15 is 0 Å². The van der Waals surface area contributed by atoms with Gasteiger partial charge < -0.3 is 15.2 Å². The summed E-state index contributed by atoms with van der Waals surface area (Å²) in [7, 11) is 0.